The number of anilines is 1. The van der Waals surface area contributed by atoms with Crippen LogP contribution in [0, 0.1) is 0 Å². The molecule has 0 saturated heterocycles. The summed E-state index contributed by atoms with van der Waals surface area (Å²) in [6.07, 6.45) is 1.65. The zero-order chi connectivity index (χ0) is 15.5. The Morgan fingerprint density at radius 1 is 1.38 bits per heavy atom. The number of methoxy groups -OCH3 is 1. The van der Waals surface area contributed by atoms with E-state index in [0.717, 1.165) is 11.3 Å². The van der Waals surface area contributed by atoms with E-state index in [4.69, 9.17) is 10.5 Å². The number of aryl methyl sites for hydroxylation is 1. The molecule has 0 unspecified atom stereocenters. The Morgan fingerprint density at radius 3 is 2.81 bits per heavy atom. The molecule has 1 aromatic heterocycles. The van der Waals surface area contributed by atoms with Crippen molar-refractivity contribution >= 4 is 15.5 Å². The Bertz CT molecular complexity index is 723. The topological polar surface area (TPSA) is 87.2 Å². The predicted molar refractivity (Wildman–Crippen MR) is 83.0 cm³/mol. The van der Waals surface area contributed by atoms with Gasteiger partial charge >= 0.3 is 0 Å². The first-order valence-corrected chi connectivity index (χ1v) is 8.45. The van der Waals surface area contributed by atoms with Crippen LogP contribution in [0.5, 0.6) is 5.75 Å². The highest BCUT2D eigenvalue weighted by Gasteiger charge is 2.12. The molecule has 0 amide bonds. The number of nitrogen functional groups attached to an aromatic ring is 1. The smallest absolute Gasteiger partial charge is 0.151 e. The lowest BCUT2D eigenvalue weighted by atomic mass is 10.1. The largest absolute Gasteiger partial charge is 0.497 e. The normalized spacial score (nSPS) is 11.5. The van der Waals surface area contributed by atoms with Gasteiger partial charge in [0.15, 0.2) is 9.84 Å². The van der Waals surface area contributed by atoms with Gasteiger partial charge in [-0.05, 0) is 12.1 Å². The maximum Gasteiger partial charge on any atom is 0.151 e. The van der Waals surface area contributed by atoms with E-state index in [0.29, 0.717) is 17.9 Å². The lowest BCUT2D eigenvalue weighted by Crippen LogP contribution is -2.14. The predicted octanol–water partition coefficient (Wildman–Crippen LogP) is 1.58. The molecule has 2 rings (SSSR count). The number of benzene rings is 1. The third kappa shape index (κ3) is 3.75. The Hall–Kier alpha value is -2.02. The molecule has 0 fully saturated rings. The molecule has 1 aromatic carbocycles. The van der Waals surface area contributed by atoms with Crippen LogP contribution >= 0.6 is 0 Å². The first-order chi connectivity index (χ1) is 9.95. The Balaban J connectivity index is 2.23. The quantitative estimate of drug-likeness (QED) is 0.875. The van der Waals surface area contributed by atoms with Gasteiger partial charge in [0.05, 0.1) is 25.1 Å². The second-order valence-electron chi connectivity index (χ2n) is 4.66. The molecule has 0 aliphatic carbocycles. The van der Waals surface area contributed by atoms with Crippen LogP contribution < -0.4 is 10.5 Å². The molecule has 0 bridgehead atoms. The zero-order valence-electron chi connectivity index (χ0n) is 12.1. The van der Waals surface area contributed by atoms with Gasteiger partial charge in [-0.15, -0.1) is 0 Å². The van der Waals surface area contributed by atoms with Crippen LogP contribution in [0.3, 0.4) is 0 Å². The Labute approximate surface area is 124 Å². The van der Waals surface area contributed by atoms with Crippen LogP contribution in [0.15, 0.2) is 30.5 Å². The molecule has 114 valence electrons. The summed E-state index contributed by atoms with van der Waals surface area (Å²) < 4.78 is 29.8. The molecule has 0 aliphatic heterocycles. The summed E-state index contributed by atoms with van der Waals surface area (Å²) in [5, 5.41) is 4.36. The van der Waals surface area contributed by atoms with Crippen LogP contribution in [0.1, 0.15) is 6.92 Å². The van der Waals surface area contributed by atoms with E-state index in [1.165, 1.54) is 0 Å². The molecule has 21 heavy (non-hydrogen) atoms. The zero-order valence-corrected chi connectivity index (χ0v) is 12.9. The minimum Gasteiger partial charge on any atom is -0.497 e. The lowest BCUT2D eigenvalue weighted by Gasteiger charge is -2.03. The summed E-state index contributed by atoms with van der Waals surface area (Å²) in [6.45, 7) is 1.93. The summed E-state index contributed by atoms with van der Waals surface area (Å²) >= 11 is 0. The van der Waals surface area contributed by atoms with Crippen molar-refractivity contribution in [3.05, 3.63) is 30.5 Å². The van der Waals surface area contributed by atoms with Crippen LogP contribution in [-0.4, -0.2) is 36.8 Å². The maximum absolute atomic E-state index is 11.5. The molecule has 1 heterocycles. The van der Waals surface area contributed by atoms with Gasteiger partial charge < -0.3 is 10.5 Å². The number of aromatic nitrogens is 2. The Kier molecular flexibility index (Phi) is 4.52. The molecule has 0 aliphatic rings. The maximum atomic E-state index is 11.5. The molecule has 0 radical (unpaired) electrons. The van der Waals surface area contributed by atoms with E-state index < -0.39 is 9.84 Å². The molecular weight excluding hydrogens is 290 g/mol. The molecule has 7 heteroatoms. The van der Waals surface area contributed by atoms with E-state index in [1.54, 1.807) is 24.9 Å². The molecule has 0 atom stereocenters. The number of hydrogen-bond donors (Lipinski definition) is 1. The average Bonchev–Trinajstić information content (AvgIpc) is 2.86. The third-order valence-corrected chi connectivity index (χ3v) is 4.89. The van der Waals surface area contributed by atoms with Gasteiger partial charge in [0.25, 0.3) is 0 Å². The third-order valence-electron chi connectivity index (χ3n) is 3.20. The van der Waals surface area contributed by atoms with Crippen molar-refractivity contribution in [3.8, 4) is 17.0 Å². The van der Waals surface area contributed by atoms with Crippen LogP contribution in [0.25, 0.3) is 11.3 Å². The summed E-state index contributed by atoms with van der Waals surface area (Å²) in [4.78, 5) is 0. The second kappa shape index (κ2) is 6.17. The van der Waals surface area contributed by atoms with Crippen LogP contribution in [-0.2, 0) is 16.4 Å². The highest BCUT2D eigenvalue weighted by atomic mass is 32.2. The molecule has 2 N–H and O–H groups in total. The standard InChI is InChI=1S/C14H19N3O3S/c1-3-21(18,19)8-7-17-10-13(15)14(16-17)11-5-4-6-12(9-11)20-2/h4-6,9-10H,3,7-8,15H2,1-2H3. The monoisotopic (exact) mass is 309 g/mol. The summed E-state index contributed by atoms with van der Waals surface area (Å²) in [5.41, 5.74) is 7.94. The van der Waals surface area contributed by atoms with Gasteiger partial charge in [0.2, 0.25) is 0 Å². The number of nitrogens with two attached hydrogens (primary N) is 1. The number of nitrogens with zero attached hydrogens (tertiary/aromatic N) is 2. The van der Waals surface area contributed by atoms with Gasteiger partial charge in [-0.3, -0.25) is 4.68 Å². The fourth-order valence-corrected chi connectivity index (χ4v) is 2.68. The molecular formula is C14H19N3O3S. The minimum atomic E-state index is -3.02. The van der Waals surface area contributed by atoms with Crippen LogP contribution in [0.4, 0.5) is 5.69 Å². The number of sulfone groups is 1. The van der Waals surface area contributed by atoms with Gasteiger partial charge in [-0.2, -0.15) is 5.10 Å². The summed E-state index contributed by atoms with van der Waals surface area (Å²) in [7, 11) is -1.42. The van der Waals surface area contributed by atoms with Gasteiger partial charge in [-0.1, -0.05) is 19.1 Å². The first-order valence-electron chi connectivity index (χ1n) is 6.63. The van der Waals surface area contributed by atoms with Crippen molar-refractivity contribution in [3.63, 3.8) is 0 Å². The number of hydrogen-bond acceptors (Lipinski definition) is 5. The van der Waals surface area contributed by atoms with Crippen molar-refractivity contribution < 1.29 is 13.2 Å². The van der Waals surface area contributed by atoms with E-state index in [2.05, 4.69) is 5.10 Å². The van der Waals surface area contributed by atoms with Gasteiger partial charge in [0, 0.05) is 17.5 Å². The van der Waals surface area contributed by atoms with E-state index >= 15 is 0 Å². The van der Waals surface area contributed by atoms with E-state index in [9.17, 15) is 8.42 Å². The van der Waals surface area contributed by atoms with E-state index in [-0.39, 0.29) is 11.5 Å². The summed E-state index contributed by atoms with van der Waals surface area (Å²) in [6, 6.07) is 7.42. The van der Waals surface area contributed by atoms with E-state index in [1.807, 2.05) is 24.3 Å². The molecule has 2 aromatic rings. The van der Waals surface area contributed by atoms with Crippen molar-refractivity contribution in [2.24, 2.45) is 0 Å². The molecule has 6 nitrogen and oxygen atoms in total. The lowest BCUT2D eigenvalue weighted by molar-refractivity contribution is 0.415. The number of ether oxygens (including phenoxy) is 1. The highest BCUT2D eigenvalue weighted by Crippen LogP contribution is 2.27. The first kappa shape index (κ1) is 15.4. The highest BCUT2D eigenvalue weighted by molar-refractivity contribution is 7.91. The minimum absolute atomic E-state index is 0.0577. The summed E-state index contributed by atoms with van der Waals surface area (Å²) in [5.74, 6) is 0.907. The number of rotatable bonds is 6. The van der Waals surface area contributed by atoms with Crippen molar-refractivity contribution in [2.45, 2.75) is 13.5 Å². The molecule has 0 spiro atoms. The van der Waals surface area contributed by atoms with Gasteiger partial charge in [-0.25, -0.2) is 8.42 Å². The SMILES string of the molecule is CCS(=O)(=O)CCn1cc(N)c(-c2cccc(OC)c2)n1. The Morgan fingerprint density at radius 2 is 2.14 bits per heavy atom. The van der Waals surface area contributed by atoms with Crippen molar-refractivity contribution in [2.75, 3.05) is 24.3 Å². The van der Waals surface area contributed by atoms with Gasteiger partial charge in [0.1, 0.15) is 11.4 Å². The average molecular weight is 309 g/mol. The van der Waals surface area contributed by atoms with Crippen molar-refractivity contribution in [1.82, 2.24) is 9.78 Å². The fraction of sp³-hybridized carbons (Fsp3) is 0.357. The van der Waals surface area contributed by atoms with Crippen molar-refractivity contribution in [1.29, 1.82) is 0 Å². The molecule has 0 saturated carbocycles. The van der Waals surface area contributed by atoms with Crippen LogP contribution in [0.2, 0.25) is 0 Å². The fourth-order valence-electron chi connectivity index (χ4n) is 1.92. The second-order valence-corrected chi connectivity index (χ2v) is 7.14.